The van der Waals surface area contributed by atoms with E-state index in [-0.39, 0.29) is 18.1 Å². The van der Waals surface area contributed by atoms with E-state index < -0.39 is 6.04 Å². The number of benzene rings is 2. The van der Waals surface area contributed by atoms with E-state index in [2.05, 4.69) is 5.32 Å². The molecule has 1 amide bonds. The molecule has 0 unspecified atom stereocenters. The maximum absolute atomic E-state index is 11.8. The molecular weight excluding hydrogens is 328 g/mol. The first-order valence-electron chi connectivity index (χ1n) is 8.66. The first-order valence-corrected chi connectivity index (χ1v) is 8.66. The maximum atomic E-state index is 11.8. The minimum Gasteiger partial charge on any atom is -0.467 e. The molecule has 140 valence electrons. The zero-order valence-electron chi connectivity index (χ0n) is 15.9. The lowest BCUT2D eigenvalue weighted by Gasteiger charge is -2.29. The summed E-state index contributed by atoms with van der Waals surface area (Å²) in [4.78, 5) is 11.8. The number of amides is 1. The highest BCUT2D eigenvalue weighted by atomic mass is 16.7. The van der Waals surface area contributed by atoms with Gasteiger partial charge in [0.05, 0.1) is 6.04 Å². The summed E-state index contributed by atoms with van der Waals surface area (Å²) in [5, 5.41) is 3.28. The quantitative estimate of drug-likeness (QED) is 0.712. The summed E-state index contributed by atoms with van der Waals surface area (Å²) >= 11 is 0. The Balaban J connectivity index is 2.34. The molecular formula is C21H28N2O3. The van der Waals surface area contributed by atoms with Crippen molar-refractivity contribution in [3.05, 3.63) is 54.1 Å². The first kappa shape index (κ1) is 19.9. The smallest absolute Gasteiger partial charge is 0.235 e. The monoisotopic (exact) mass is 356 g/mol. The van der Waals surface area contributed by atoms with Crippen LogP contribution in [-0.4, -0.2) is 25.9 Å². The number of para-hydroxylation sites is 1. The van der Waals surface area contributed by atoms with Crippen molar-refractivity contribution in [1.82, 2.24) is 5.32 Å². The van der Waals surface area contributed by atoms with Gasteiger partial charge in [0, 0.05) is 24.8 Å². The number of ether oxygens (including phenoxy) is 2. The van der Waals surface area contributed by atoms with E-state index in [1.165, 1.54) is 0 Å². The number of hydrogen-bond acceptors (Lipinski definition) is 4. The molecule has 0 spiro atoms. The van der Waals surface area contributed by atoms with Gasteiger partial charge in [-0.05, 0) is 11.0 Å². The fraction of sp³-hybridized carbons (Fsp3) is 0.381. The molecule has 0 saturated heterocycles. The highest BCUT2D eigenvalue weighted by Crippen LogP contribution is 2.33. The van der Waals surface area contributed by atoms with Crippen LogP contribution in [0.4, 0.5) is 0 Å². The molecule has 0 aromatic heterocycles. The third-order valence-corrected chi connectivity index (χ3v) is 4.15. The molecule has 0 aliphatic heterocycles. The van der Waals surface area contributed by atoms with Crippen molar-refractivity contribution in [2.75, 3.05) is 13.9 Å². The first-order chi connectivity index (χ1) is 12.3. The van der Waals surface area contributed by atoms with Crippen LogP contribution in [-0.2, 0) is 16.1 Å². The molecule has 0 aliphatic rings. The number of carbonyl (C=O) groups excluding carboxylic acids is 1. The van der Waals surface area contributed by atoms with Crippen LogP contribution in [0.1, 0.15) is 26.3 Å². The normalized spacial score (nSPS) is 12.6. The maximum Gasteiger partial charge on any atom is 0.235 e. The highest BCUT2D eigenvalue weighted by Gasteiger charge is 2.29. The second-order valence-electron chi connectivity index (χ2n) is 7.29. The predicted molar refractivity (Wildman–Crippen MR) is 104 cm³/mol. The van der Waals surface area contributed by atoms with Crippen LogP contribution in [0, 0.1) is 5.41 Å². The van der Waals surface area contributed by atoms with Crippen molar-refractivity contribution in [3.8, 4) is 16.9 Å². The average molecular weight is 356 g/mol. The summed E-state index contributed by atoms with van der Waals surface area (Å²) < 4.78 is 11.0. The van der Waals surface area contributed by atoms with Gasteiger partial charge in [0.15, 0.2) is 6.79 Å². The molecule has 2 aromatic carbocycles. The Labute approximate surface area is 155 Å². The van der Waals surface area contributed by atoms with E-state index in [4.69, 9.17) is 15.2 Å². The lowest BCUT2D eigenvalue weighted by Crippen LogP contribution is -2.49. The summed E-state index contributed by atoms with van der Waals surface area (Å²) in [7, 11) is 1.59. The van der Waals surface area contributed by atoms with Crippen LogP contribution >= 0.6 is 0 Å². The van der Waals surface area contributed by atoms with Gasteiger partial charge < -0.3 is 20.5 Å². The molecule has 5 nitrogen and oxygen atoms in total. The Morgan fingerprint density at radius 2 is 1.81 bits per heavy atom. The average Bonchev–Trinajstić information content (AvgIpc) is 2.59. The number of primary amides is 1. The zero-order valence-corrected chi connectivity index (χ0v) is 15.9. The van der Waals surface area contributed by atoms with Crippen molar-refractivity contribution >= 4 is 5.91 Å². The summed E-state index contributed by atoms with van der Waals surface area (Å²) in [5.41, 5.74) is 8.27. The van der Waals surface area contributed by atoms with E-state index in [0.29, 0.717) is 6.54 Å². The van der Waals surface area contributed by atoms with Gasteiger partial charge in [0.25, 0.3) is 0 Å². The molecule has 1 atom stereocenters. The molecule has 5 heteroatoms. The van der Waals surface area contributed by atoms with Crippen LogP contribution in [0.25, 0.3) is 11.1 Å². The van der Waals surface area contributed by atoms with Gasteiger partial charge in [-0.25, -0.2) is 0 Å². The van der Waals surface area contributed by atoms with E-state index in [1.54, 1.807) is 7.11 Å². The number of nitrogens with one attached hydrogen (secondary N) is 1. The Morgan fingerprint density at radius 3 is 2.38 bits per heavy atom. The van der Waals surface area contributed by atoms with Gasteiger partial charge in [-0.3, -0.25) is 4.79 Å². The summed E-state index contributed by atoms with van der Waals surface area (Å²) in [6.45, 7) is 6.56. The molecule has 0 heterocycles. The minimum atomic E-state index is -0.446. The third-order valence-electron chi connectivity index (χ3n) is 4.15. The fourth-order valence-electron chi connectivity index (χ4n) is 2.90. The lowest BCUT2D eigenvalue weighted by molar-refractivity contribution is -0.122. The Morgan fingerprint density at radius 1 is 1.12 bits per heavy atom. The molecule has 0 saturated carbocycles. The number of carbonyl (C=O) groups is 1. The van der Waals surface area contributed by atoms with Crippen molar-refractivity contribution in [2.24, 2.45) is 11.1 Å². The highest BCUT2D eigenvalue weighted by molar-refractivity contribution is 5.80. The number of methoxy groups -OCH3 is 1. The van der Waals surface area contributed by atoms with E-state index in [9.17, 15) is 4.79 Å². The second-order valence-corrected chi connectivity index (χ2v) is 7.29. The van der Waals surface area contributed by atoms with Crippen molar-refractivity contribution < 1.29 is 14.3 Å². The van der Waals surface area contributed by atoms with Gasteiger partial charge in [0.1, 0.15) is 5.75 Å². The molecule has 0 radical (unpaired) electrons. The SMILES string of the molecule is COCOc1c(CN[C@H](C(N)=O)C(C)(C)C)cccc1-c1ccccc1. The molecule has 0 aliphatic carbocycles. The second kappa shape index (κ2) is 8.83. The number of hydrogen-bond donors (Lipinski definition) is 2. The largest absolute Gasteiger partial charge is 0.467 e. The van der Waals surface area contributed by atoms with E-state index in [0.717, 1.165) is 22.4 Å². The predicted octanol–water partition coefficient (Wildman–Crippen LogP) is 3.33. The standard InChI is InChI=1S/C21H28N2O3/c1-21(2,3)19(20(22)24)23-13-16-11-8-12-17(18(16)26-14-25-4)15-9-6-5-7-10-15/h5-12,19,23H,13-14H2,1-4H3,(H2,22,24)/t19-/m1/s1. The fourth-order valence-corrected chi connectivity index (χ4v) is 2.90. The van der Waals surface area contributed by atoms with Crippen LogP contribution in [0.3, 0.4) is 0 Å². The topological polar surface area (TPSA) is 73.6 Å². The summed E-state index contributed by atoms with van der Waals surface area (Å²) in [6.07, 6.45) is 0. The van der Waals surface area contributed by atoms with Gasteiger partial charge >= 0.3 is 0 Å². The molecule has 0 fully saturated rings. The third kappa shape index (κ3) is 5.07. The van der Waals surface area contributed by atoms with E-state index >= 15 is 0 Å². The van der Waals surface area contributed by atoms with Crippen molar-refractivity contribution in [1.29, 1.82) is 0 Å². The number of rotatable bonds is 8. The molecule has 26 heavy (non-hydrogen) atoms. The van der Waals surface area contributed by atoms with Gasteiger partial charge in [-0.15, -0.1) is 0 Å². The van der Waals surface area contributed by atoms with Gasteiger partial charge in [0.2, 0.25) is 5.91 Å². The Bertz CT molecular complexity index is 724. The Kier molecular flexibility index (Phi) is 6.77. The molecule has 3 N–H and O–H groups in total. The molecule has 2 rings (SSSR count). The Hall–Kier alpha value is -2.37. The lowest BCUT2D eigenvalue weighted by atomic mass is 9.86. The van der Waals surface area contributed by atoms with Gasteiger partial charge in [-0.1, -0.05) is 69.3 Å². The van der Waals surface area contributed by atoms with Crippen LogP contribution in [0.15, 0.2) is 48.5 Å². The van der Waals surface area contributed by atoms with Crippen LogP contribution in [0.5, 0.6) is 5.75 Å². The van der Waals surface area contributed by atoms with Crippen molar-refractivity contribution in [3.63, 3.8) is 0 Å². The zero-order chi connectivity index (χ0) is 19.2. The minimum absolute atomic E-state index is 0.148. The summed E-state index contributed by atoms with van der Waals surface area (Å²) in [5.74, 6) is 0.376. The van der Waals surface area contributed by atoms with E-state index in [1.807, 2.05) is 69.3 Å². The van der Waals surface area contributed by atoms with Crippen LogP contribution in [0.2, 0.25) is 0 Å². The van der Waals surface area contributed by atoms with Crippen molar-refractivity contribution in [2.45, 2.75) is 33.4 Å². The number of nitrogens with two attached hydrogens (primary N) is 1. The summed E-state index contributed by atoms with van der Waals surface area (Å²) in [6, 6.07) is 15.6. The van der Waals surface area contributed by atoms with Gasteiger partial charge in [-0.2, -0.15) is 0 Å². The van der Waals surface area contributed by atoms with Crippen LogP contribution < -0.4 is 15.8 Å². The molecule has 2 aromatic rings. The molecule has 0 bridgehead atoms.